The third kappa shape index (κ3) is 2.99. The maximum absolute atomic E-state index is 12.5. The summed E-state index contributed by atoms with van der Waals surface area (Å²) in [5, 5.41) is 0. The molecule has 0 bridgehead atoms. The van der Waals surface area contributed by atoms with Crippen LogP contribution in [0.1, 0.15) is 42.4 Å². The average molecular weight is 296 g/mol. The first kappa shape index (κ1) is 15.3. The molecule has 1 aliphatic rings. The monoisotopic (exact) mass is 296 g/mol. The van der Waals surface area contributed by atoms with Gasteiger partial charge in [0, 0.05) is 12.2 Å². The summed E-state index contributed by atoms with van der Waals surface area (Å²) in [6, 6.07) is 1.84. The molecule has 0 atom stereocenters. The van der Waals surface area contributed by atoms with E-state index in [4.69, 9.17) is 5.73 Å². The van der Waals surface area contributed by atoms with Gasteiger partial charge < -0.3 is 5.73 Å². The fraction of sp³-hybridized carbons (Fsp3) is 0.600. The minimum absolute atomic E-state index is 0.346. The van der Waals surface area contributed by atoms with Crippen molar-refractivity contribution < 1.29 is 8.42 Å². The van der Waals surface area contributed by atoms with E-state index >= 15 is 0 Å². The molecule has 0 saturated heterocycles. The Kier molecular flexibility index (Phi) is 4.39. The second-order valence-corrected chi connectivity index (χ2v) is 7.58. The standard InChI is InChI=1S/C15H24N2O2S/c1-10-8-11(2)15(12(3)14(10)16)20(18,19)17-9-13-6-4-5-7-13/h8,13,17H,4-7,9,16H2,1-3H3. The van der Waals surface area contributed by atoms with E-state index < -0.39 is 10.0 Å². The smallest absolute Gasteiger partial charge is 0.241 e. The van der Waals surface area contributed by atoms with Crippen molar-refractivity contribution in [1.82, 2.24) is 4.72 Å². The third-order valence-electron chi connectivity index (χ3n) is 4.27. The highest BCUT2D eigenvalue weighted by Gasteiger charge is 2.24. The quantitative estimate of drug-likeness (QED) is 0.839. The maximum Gasteiger partial charge on any atom is 0.241 e. The van der Waals surface area contributed by atoms with Crippen LogP contribution in [0.5, 0.6) is 0 Å². The van der Waals surface area contributed by atoms with Crippen molar-refractivity contribution in [2.75, 3.05) is 12.3 Å². The molecule has 2 rings (SSSR count). The summed E-state index contributed by atoms with van der Waals surface area (Å²) in [5.41, 5.74) is 8.88. The Bertz CT molecular complexity index is 603. The highest BCUT2D eigenvalue weighted by atomic mass is 32.2. The Hall–Kier alpha value is -1.07. The van der Waals surface area contributed by atoms with Crippen LogP contribution in [-0.4, -0.2) is 15.0 Å². The van der Waals surface area contributed by atoms with Gasteiger partial charge in [-0.15, -0.1) is 0 Å². The average Bonchev–Trinajstić information content (AvgIpc) is 2.86. The van der Waals surface area contributed by atoms with Crippen molar-refractivity contribution in [3.8, 4) is 0 Å². The predicted molar refractivity (Wildman–Crippen MR) is 82.2 cm³/mol. The SMILES string of the molecule is Cc1cc(C)c(S(=O)(=O)NCC2CCCC2)c(C)c1N. The van der Waals surface area contributed by atoms with Gasteiger partial charge in [0.25, 0.3) is 0 Å². The van der Waals surface area contributed by atoms with Gasteiger partial charge in [0.1, 0.15) is 0 Å². The minimum atomic E-state index is -3.48. The van der Waals surface area contributed by atoms with Crippen LogP contribution in [0.4, 0.5) is 5.69 Å². The predicted octanol–water partition coefficient (Wildman–Crippen LogP) is 2.66. The Labute approximate surface area is 121 Å². The first-order valence-corrected chi connectivity index (χ1v) is 8.67. The zero-order valence-corrected chi connectivity index (χ0v) is 13.3. The van der Waals surface area contributed by atoms with Crippen LogP contribution in [0.3, 0.4) is 0 Å². The molecule has 1 saturated carbocycles. The summed E-state index contributed by atoms with van der Waals surface area (Å²) in [4.78, 5) is 0.346. The Morgan fingerprint density at radius 2 is 1.80 bits per heavy atom. The van der Waals surface area contributed by atoms with Crippen molar-refractivity contribution >= 4 is 15.7 Å². The zero-order valence-electron chi connectivity index (χ0n) is 12.5. The lowest BCUT2D eigenvalue weighted by atomic mass is 10.1. The van der Waals surface area contributed by atoms with Crippen molar-refractivity contribution in [1.29, 1.82) is 0 Å². The number of nitrogens with two attached hydrogens (primary N) is 1. The molecule has 5 heteroatoms. The van der Waals surface area contributed by atoms with E-state index in [0.29, 0.717) is 28.6 Å². The summed E-state index contributed by atoms with van der Waals surface area (Å²) >= 11 is 0. The van der Waals surface area contributed by atoms with Gasteiger partial charge in [-0.05, 0) is 56.2 Å². The van der Waals surface area contributed by atoms with Crippen molar-refractivity contribution in [2.24, 2.45) is 5.92 Å². The number of nitrogens with one attached hydrogen (secondary N) is 1. The van der Waals surface area contributed by atoms with E-state index in [-0.39, 0.29) is 0 Å². The van der Waals surface area contributed by atoms with Gasteiger partial charge in [-0.25, -0.2) is 13.1 Å². The molecule has 1 aromatic rings. The van der Waals surface area contributed by atoms with Gasteiger partial charge in [-0.2, -0.15) is 0 Å². The molecule has 0 radical (unpaired) electrons. The van der Waals surface area contributed by atoms with E-state index in [1.807, 2.05) is 19.9 Å². The highest BCUT2D eigenvalue weighted by molar-refractivity contribution is 7.89. The fourth-order valence-electron chi connectivity index (χ4n) is 3.11. The van der Waals surface area contributed by atoms with E-state index in [1.165, 1.54) is 12.8 Å². The molecular weight excluding hydrogens is 272 g/mol. The molecule has 20 heavy (non-hydrogen) atoms. The van der Waals surface area contributed by atoms with E-state index in [9.17, 15) is 8.42 Å². The van der Waals surface area contributed by atoms with E-state index in [0.717, 1.165) is 24.0 Å². The lowest BCUT2D eigenvalue weighted by Gasteiger charge is -2.17. The topological polar surface area (TPSA) is 72.2 Å². The molecular formula is C15H24N2O2S. The summed E-state index contributed by atoms with van der Waals surface area (Å²) in [6.45, 7) is 6.04. The largest absolute Gasteiger partial charge is 0.398 e. The maximum atomic E-state index is 12.5. The molecule has 0 aliphatic heterocycles. The van der Waals surface area contributed by atoms with Crippen molar-refractivity contribution in [3.05, 3.63) is 22.8 Å². The summed E-state index contributed by atoms with van der Waals surface area (Å²) in [5.74, 6) is 0.480. The first-order chi connectivity index (χ1) is 9.33. The van der Waals surface area contributed by atoms with Crippen LogP contribution in [-0.2, 0) is 10.0 Å². The summed E-state index contributed by atoms with van der Waals surface area (Å²) < 4.78 is 27.8. The zero-order chi connectivity index (χ0) is 14.9. The van der Waals surface area contributed by atoms with Gasteiger partial charge in [-0.1, -0.05) is 18.9 Å². The molecule has 0 unspecified atom stereocenters. The van der Waals surface area contributed by atoms with E-state index in [2.05, 4.69) is 4.72 Å². The van der Waals surface area contributed by atoms with Gasteiger partial charge in [0.2, 0.25) is 10.0 Å². The van der Waals surface area contributed by atoms with Crippen LogP contribution >= 0.6 is 0 Å². The van der Waals surface area contributed by atoms with Crippen LogP contribution in [0.25, 0.3) is 0 Å². The number of hydrogen-bond donors (Lipinski definition) is 2. The van der Waals surface area contributed by atoms with Crippen molar-refractivity contribution in [2.45, 2.75) is 51.3 Å². The Morgan fingerprint density at radius 1 is 1.20 bits per heavy atom. The van der Waals surface area contributed by atoms with Gasteiger partial charge in [-0.3, -0.25) is 0 Å². The van der Waals surface area contributed by atoms with Crippen LogP contribution in [0, 0.1) is 26.7 Å². The molecule has 112 valence electrons. The highest BCUT2D eigenvalue weighted by Crippen LogP contribution is 2.29. The van der Waals surface area contributed by atoms with Crippen LogP contribution in [0.2, 0.25) is 0 Å². The fourth-order valence-corrected chi connectivity index (χ4v) is 4.70. The van der Waals surface area contributed by atoms with E-state index in [1.54, 1.807) is 6.92 Å². The van der Waals surface area contributed by atoms with Crippen LogP contribution in [0.15, 0.2) is 11.0 Å². The number of aryl methyl sites for hydroxylation is 2. The number of anilines is 1. The Morgan fingerprint density at radius 3 is 2.40 bits per heavy atom. The second-order valence-electron chi connectivity index (χ2n) is 5.88. The second kappa shape index (κ2) is 5.74. The molecule has 1 fully saturated rings. The lowest BCUT2D eigenvalue weighted by Crippen LogP contribution is -2.30. The molecule has 0 heterocycles. The molecule has 0 amide bonds. The molecule has 3 N–H and O–H groups in total. The molecule has 1 aromatic carbocycles. The first-order valence-electron chi connectivity index (χ1n) is 7.19. The number of rotatable bonds is 4. The van der Waals surface area contributed by atoms with Crippen molar-refractivity contribution in [3.63, 3.8) is 0 Å². The summed E-state index contributed by atoms with van der Waals surface area (Å²) in [7, 11) is -3.48. The van der Waals surface area contributed by atoms with Gasteiger partial charge >= 0.3 is 0 Å². The molecule has 0 spiro atoms. The number of sulfonamides is 1. The molecule has 1 aliphatic carbocycles. The lowest BCUT2D eigenvalue weighted by molar-refractivity contribution is 0.519. The van der Waals surface area contributed by atoms with Crippen LogP contribution < -0.4 is 10.5 Å². The number of nitrogen functional groups attached to an aromatic ring is 1. The summed E-state index contributed by atoms with van der Waals surface area (Å²) in [6.07, 6.45) is 4.66. The number of hydrogen-bond acceptors (Lipinski definition) is 3. The van der Waals surface area contributed by atoms with Gasteiger partial charge in [0.05, 0.1) is 4.90 Å². The Balaban J connectivity index is 2.27. The number of benzene rings is 1. The van der Waals surface area contributed by atoms with Gasteiger partial charge in [0.15, 0.2) is 0 Å². The minimum Gasteiger partial charge on any atom is -0.398 e. The normalized spacial score (nSPS) is 16.8. The molecule has 0 aromatic heterocycles. The molecule has 4 nitrogen and oxygen atoms in total. The third-order valence-corrected chi connectivity index (χ3v) is 5.98.